The number of rotatable bonds is 5. The molecule has 0 fully saturated rings. The predicted octanol–water partition coefficient (Wildman–Crippen LogP) is 2.04. The fourth-order valence-electron chi connectivity index (χ4n) is 1.59. The van der Waals surface area contributed by atoms with Crippen molar-refractivity contribution in [2.45, 2.75) is 32.7 Å². The molecule has 0 saturated carbocycles. The monoisotopic (exact) mass is 221 g/mol. The second-order valence-corrected chi connectivity index (χ2v) is 3.81. The van der Waals surface area contributed by atoms with Gasteiger partial charge in [0, 0.05) is 19.3 Å². The van der Waals surface area contributed by atoms with E-state index in [2.05, 4.69) is 22.5 Å². The van der Waals surface area contributed by atoms with Gasteiger partial charge in [-0.25, -0.2) is 4.98 Å². The Morgan fingerprint density at radius 2 is 2.31 bits per heavy atom. The molecule has 0 aliphatic heterocycles. The number of amides is 1. The molecule has 0 bridgehead atoms. The van der Waals surface area contributed by atoms with Gasteiger partial charge >= 0.3 is 0 Å². The highest BCUT2D eigenvalue weighted by atomic mass is 16.1. The molecule has 1 amide bonds. The summed E-state index contributed by atoms with van der Waals surface area (Å²) in [4.78, 5) is 16.0. The van der Waals surface area contributed by atoms with Crippen molar-refractivity contribution in [2.24, 2.45) is 0 Å². The predicted molar refractivity (Wildman–Crippen MR) is 65.6 cm³/mol. The number of aromatic nitrogens is 1. The van der Waals surface area contributed by atoms with Crippen molar-refractivity contribution in [3.05, 3.63) is 23.9 Å². The number of carbonyl (C=O) groups is 1. The number of hydrogen-bond acceptors (Lipinski definition) is 3. The van der Waals surface area contributed by atoms with Crippen LogP contribution in [0.3, 0.4) is 0 Å². The molecule has 1 heterocycles. The highest BCUT2D eigenvalue weighted by molar-refractivity contribution is 5.98. The summed E-state index contributed by atoms with van der Waals surface area (Å²) < 4.78 is 0. The van der Waals surface area contributed by atoms with Crippen LogP contribution < -0.4 is 10.6 Å². The molecule has 0 aliphatic rings. The molecule has 2 N–H and O–H groups in total. The van der Waals surface area contributed by atoms with Gasteiger partial charge in [0.2, 0.25) is 0 Å². The van der Waals surface area contributed by atoms with E-state index >= 15 is 0 Å². The largest absolute Gasteiger partial charge is 0.372 e. The first kappa shape index (κ1) is 12.5. The van der Waals surface area contributed by atoms with Gasteiger partial charge in [-0.1, -0.05) is 13.3 Å². The average molecular weight is 221 g/mol. The van der Waals surface area contributed by atoms with E-state index in [4.69, 9.17) is 0 Å². The molecular formula is C12H19N3O. The van der Waals surface area contributed by atoms with Crippen LogP contribution in [0.5, 0.6) is 0 Å². The van der Waals surface area contributed by atoms with Crippen molar-refractivity contribution in [3.63, 3.8) is 0 Å². The minimum absolute atomic E-state index is 0.0709. The first-order valence-corrected chi connectivity index (χ1v) is 5.62. The molecule has 0 radical (unpaired) electrons. The Bertz CT molecular complexity index is 352. The SMILES string of the molecule is CCCC(C)NC(=O)c1cccnc1NC. The molecule has 0 aromatic carbocycles. The summed E-state index contributed by atoms with van der Waals surface area (Å²) in [5, 5.41) is 5.86. The van der Waals surface area contributed by atoms with Crippen LogP contribution in [0.4, 0.5) is 5.82 Å². The van der Waals surface area contributed by atoms with Crippen molar-refractivity contribution in [1.29, 1.82) is 0 Å². The van der Waals surface area contributed by atoms with Crippen molar-refractivity contribution >= 4 is 11.7 Å². The first-order chi connectivity index (χ1) is 7.69. The number of hydrogen-bond donors (Lipinski definition) is 2. The summed E-state index contributed by atoms with van der Waals surface area (Å²) in [6, 6.07) is 3.73. The summed E-state index contributed by atoms with van der Waals surface area (Å²) in [7, 11) is 1.76. The van der Waals surface area contributed by atoms with E-state index < -0.39 is 0 Å². The van der Waals surface area contributed by atoms with Crippen LogP contribution in [-0.2, 0) is 0 Å². The van der Waals surface area contributed by atoms with Crippen molar-refractivity contribution in [1.82, 2.24) is 10.3 Å². The lowest BCUT2D eigenvalue weighted by atomic mass is 10.1. The molecule has 4 nitrogen and oxygen atoms in total. The summed E-state index contributed by atoms with van der Waals surface area (Å²) >= 11 is 0. The Hall–Kier alpha value is -1.58. The highest BCUT2D eigenvalue weighted by Crippen LogP contribution is 2.10. The quantitative estimate of drug-likeness (QED) is 0.800. The summed E-state index contributed by atoms with van der Waals surface area (Å²) in [5.41, 5.74) is 0.591. The lowest BCUT2D eigenvalue weighted by Gasteiger charge is -2.14. The second kappa shape index (κ2) is 6.10. The minimum atomic E-state index is -0.0709. The van der Waals surface area contributed by atoms with Gasteiger partial charge in [0.05, 0.1) is 5.56 Å². The fourth-order valence-corrected chi connectivity index (χ4v) is 1.59. The fraction of sp³-hybridized carbons (Fsp3) is 0.500. The molecule has 1 unspecified atom stereocenters. The Morgan fingerprint density at radius 1 is 1.56 bits per heavy atom. The number of carbonyl (C=O) groups excluding carboxylic acids is 1. The Labute approximate surface area is 96.5 Å². The maximum atomic E-state index is 11.9. The van der Waals surface area contributed by atoms with Crippen LogP contribution in [0.15, 0.2) is 18.3 Å². The zero-order valence-electron chi connectivity index (χ0n) is 10.1. The van der Waals surface area contributed by atoms with Crippen LogP contribution in [0, 0.1) is 0 Å². The van der Waals surface area contributed by atoms with Gasteiger partial charge in [-0.15, -0.1) is 0 Å². The Kier molecular flexibility index (Phi) is 4.76. The molecule has 0 saturated heterocycles. The van der Waals surface area contributed by atoms with E-state index in [9.17, 15) is 4.79 Å². The van der Waals surface area contributed by atoms with Crippen LogP contribution in [0.1, 0.15) is 37.0 Å². The van der Waals surface area contributed by atoms with Gasteiger partial charge < -0.3 is 10.6 Å². The van der Waals surface area contributed by atoms with Crippen LogP contribution >= 0.6 is 0 Å². The average Bonchev–Trinajstić information content (AvgIpc) is 2.29. The number of anilines is 1. The lowest BCUT2D eigenvalue weighted by Crippen LogP contribution is -2.32. The van der Waals surface area contributed by atoms with Gasteiger partial charge in [0.15, 0.2) is 0 Å². The van der Waals surface area contributed by atoms with Crippen LogP contribution in [0.2, 0.25) is 0 Å². The third-order valence-corrected chi connectivity index (χ3v) is 2.39. The van der Waals surface area contributed by atoms with E-state index in [1.165, 1.54) is 0 Å². The first-order valence-electron chi connectivity index (χ1n) is 5.62. The summed E-state index contributed by atoms with van der Waals surface area (Å²) in [5.74, 6) is 0.544. The second-order valence-electron chi connectivity index (χ2n) is 3.81. The smallest absolute Gasteiger partial charge is 0.255 e. The van der Waals surface area contributed by atoms with E-state index in [0.29, 0.717) is 11.4 Å². The zero-order valence-corrected chi connectivity index (χ0v) is 10.1. The molecular weight excluding hydrogens is 202 g/mol. The molecule has 1 aromatic rings. The molecule has 88 valence electrons. The molecule has 16 heavy (non-hydrogen) atoms. The molecule has 1 rings (SSSR count). The number of pyridine rings is 1. The zero-order chi connectivity index (χ0) is 12.0. The number of nitrogens with zero attached hydrogens (tertiary/aromatic N) is 1. The van der Waals surface area contributed by atoms with Gasteiger partial charge in [-0.05, 0) is 25.5 Å². The van der Waals surface area contributed by atoms with Crippen molar-refractivity contribution in [3.8, 4) is 0 Å². The van der Waals surface area contributed by atoms with Gasteiger partial charge in [0.1, 0.15) is 5.82 Å². The van der Waals surface area contributed by atoms with E-state index in [0.717, 1.165) is 12.8 Å². The lowest BCUT2D eigenvalue weighted by molar-refractivity contribution is 0.0939. The molecule has 1 atom stereocenters. The van der Waals surface area contributed by atoms with Gasteiger partial charge in [-0.2, -0.15) is 0 Å². The van der Waals surface area contributed by atoms with Crippen molar-refractivity contribution in [2.75, 3.05) is 12.4 Å². The molecule has 0 aliphatic carbocycles. The maximum Gasteiger partial charge on any atom is 0.255 e. The topological polar surface area (TPSA) is 54.0 Å². The number of nitrogens with one attached hydrogen (secondary N) is 2. The Balaban J connectivity index is 2.72. The standard InChI is InChI=1S/C12H19N3O/c1-4-6-9(2)15-12(16)10-7-5-8-14-11(10)13-3/h5,7-9H,4,6H2,1-3H3,(H,13,14)(H,15,16). The molecule has 4 heteroatoms. The third-order valence-electron chi connectivity index (χ3n) is 2.39. The molecule has 1 aromatic heterocycles. The Morgan fingerprint density at radius 3 is 2.94 bits per heavy atom. The van der Waals surface area contributed by atoms with Gasteiger partial charge in [0.25, 0.3) is 5.91 Å². The summed E-state index contributed by atoms with van der Waals surface area (Å²) in [6.07, 6.45) is 3.71. The van der Waals surface area contributed by atoms with E-state index in [1.807, 2.05) is 6.92 Å². The third kappa shape index (κ3) is 3.22. The maximum absolute atomic E-state index is 11.9. The molecule has 0 spiro atoms. The van der Waals surface area contributed by atoms with Crippen LogP contribution in [-0.4, -0.2) is 24.0 Å². The summed E-state index contributed by atoms with van der Waals surface area (Å²) in [6.45, 7) is 4.11. The van der Waals surface area contributed by atoms with Crippen LogP contribution in [0.25, 0.3) is 0 Å². The highest BCUT2D eigenvalue weighted by Gasteiger charge is 2.12. The van der Waals surface area contributed by atoms with E-state index in [1.54, 1.807) is 25.4 Å². The van der Waals surface area contributed by atoms with Crippen molar-refractivity contribution < 1.29 is 4.79 Å². The minimum Gasteiger partial charge on any atom is -0.372 e. The normalized spacial score (nSPS) is 11.9. The van der Waals surface area contributed by atoms with E-state index in [-0.39, 0.29) is 11.9 Å². The van der Waals surface area contributed by atoms with Gasteiger partial charge in [-0.3, -0.25) is 4.79 Å².